The van der Waals surface area contributed by atoms with Crippen molar-refractivity contribution in [2.75, 3.05) is 53.5 Å². The summed E-state index contributed by atoms with van der Waals surface area (Å²) in [6.07, 6.45) is 1.39. The minimum Gasteiger partial charge on any atom is -0.383 e. The number of carbonyl (C=O) groups excluding carboxylic acids is 2. The molecular formula is C17H25N3O3S. The van der Waals surface area contributed by atoms with Crippen LogP contribution in [-0.2, 0) is 9.53 Å². The topological polar surface area (TPSA) is 53.1 Å². The van der Waals surface area contributed by atoms with Crippen LogP contribution in [-0.4, -0.2) is 85.5 Å². The highest BCUT2D eigenvalue weighted by molar-refractivity contribution is 7.08. The van der Waals surface area contributed by atoms with E-state index in [-0.39, 0.29) is 11.8 Å². The summed E-state index contributed by atoms with van der Waals surface area (Å²) < 4.78 is 5.13. The van der Waals surface area contributed by atoms with Crippen LogP contribution in [0.1, 0.15) is 23.2 Å². The number of hydrogen-bond donors (Lipinski definition) is 0. The Morgan fingerprint density at radius 2 is 2.04 bits per heavy atom. The summed E-state index contributed by atoms with van der Waals surface area (Å²) in [5.41, 5.74) is 0.290. The first-order valence-electron chi connectivity index (χ1n) is 8.39. The van der Waals surface area contributed by atoms with E-state index in [1.807, 2.05) is 33.7 Å². The molecule has 2 fully saturated rings. The normalized spacial score (nSPS) is 21.5. The molecule has 0 N–H and O–H groups in total. The third kappa shape index (κ3) is 3.08. The third-order valence-corrected chi connectivity index (χ3v) is 6.02. The molecule has 2 aliphatic rings. The van der Waals surface area contributed by atoms with Crippen LogP contribution in [0, 0.1) is 0 Å². The quantitative estimate of drug-likeness (QED) is 0.816. The van der Waals surface area contributed by atoms with Crippen molar-refractivity contribution in [3.05, 3.63) is 22.4 Å². The number of likely N-dealkylation sites (N-methyl/N-ethyl adjacent to an activating group) is 1. The predicted octanol–water partition coefficient (Wildman–Crippen LogP) is 1.14. The number of amides is 2. The number of likely N-dealkylation sites (tertiary alicyclic amines) is 1. The van der Waals surface area contributed by atoms with Gasteiger partial charge in [0.15, 0.2) is 0 Å². The fraction of sp³-hybridized carbons (Fsp3) is 0.647. The van der Waals surface area contributed by atoms with Gasteiger partial charge in [0, 0.05) is 45.2 Å². The Hall–Kier alpha value is -1.44. The molecule has 2 amide bonds. The van der Waals surface area contributed by atoms with Crippen LogP contribution in [0.2, 0.25) is 0 Å². The van der Waals surface area contributed by atoms with Gasteiger partial charge >= 0.3 is 0 Å². The highest BCUT2D eigenvalue weighted by Gasteiger charge is 2.49. The maximum atomic E-state index is 13.1. The molecule has 0 bridgehead atoms. The van der Waals surface area contributed by atoms with Gasteiger partial charge in [-0.05, 0) is 31.3 Å². The van der Waals surface area contributed by atoms with E-state index in [1.165, 1.54) is 11.3 Å². The molecule has 24 heavy (non-hydrogen) atoms. The minimum atomic E-state index is -0.461. The highest BCUT2D eigenvalue weighted by atomic mass is 32.1. The Balaban J connectivity index is 1.68. The fourth-order valence-corrected chi connectivity index (χ4v) is 4.33. The molecule has 2 aliphatic heterocycles. The van der Waals surface area contributed by atoms with Gasteiger partial charge in [0.05, 0.1) is 12.2 Å². The summed E-state index contributed by atoms with van der Waals surface area (Å²) in [6.45, 7) is 4.08. The van der Waals surface area contributed by atoms with Gasteiger partial charge in [0.25, 0.3) is 5.91 Å². The van der Waals surface area contributed by atoms with Crippen molar-refractivity contribution in [2.24, 2.45) is 0 Å². The smallest absolute Gasteiger partial charge is 0.254 e. The largest absolute Gasteiger partial charge is 0.383 e. The van der Waals surface area contributed by atoms with Gasteiger partial charge in [0.2, 0.25) is 5.91 Å². The number of nitrogens with zero attached hydrogens (tertiary/aromatic N) is 3. The SMILES string of the molecule is COCCN1CCN(C)C2(CCN(C(=O)c3ccsc3)CC2)C1=O. The van der Waals surface area contributed by atoms with E-state index in [4.69, 9.17) is 4.74 Å². The van der Waals surface area contributed by atoms with Gasteiger partial charge in [-0.3, -0.25) is 14.5 Å². The Morgan fingerprint density at radius 3 is 2.67 bits per heavy atom. The summed E-state index contributed by atoms with van der Waals surface area (Å²) in [6, 6.07) is 1.86. The highest BCUT2D eigenvalue weighted by Crippen LogP contribution is 2.33. The maximum absolute atomic E-state index is 13.1. The van der Waals surface area contributed by atoms with E-state index in [0.29, 0.717) is 39.1 Å². The number of piperidine rings is 1. The molecule has 0 saturated carbocycles. The lowest BCUT2D eigenvalue weighted by Crippen LogP contribution is -2.68. The monoisotopic (exact) mass is 351 g/mol. The van der Waals surface area contributed by atoms with E-state index in [2.05, 4.69) is 4.90 Å². The molecule has 0 aliphatic carbocycles. The number of carbonyl (C=O) groups is 2. The lowest BCUT2D eigenvalue weighted by atomic mass is 9.82. The van der Waals surface area contributed by atoms with Crippen LogP contribution in [0.25, 0.3) is 0 Å². The molecule has 7 heteroatoms. The number of piperazine rings is 1. The Labute approximate surface area is 147 Å². The second kappa shape index (κ2) is 7.21. The Bertz CT molecular complexity index is 580. The molecule has 0 radical (unpaired) electrons. The molecule has 2 saturated heterocycles. The average Bonchev–Trinajstić information content (AvgIpc) is 3.14. The van der Waals surface area contributed by atoms with Gasteiger partial charge in [-0.15, -0.1) is 0 Å². The zero-order valence-electron chi connectivity index (χ0n) is 14.4. The summed E-state index contributed by atoms with van der Waals surface area (Å²) in [4.78, 5) is 31.5. The van der Waals surface area contributed by atoms with Crippen molar-refractivity contribution in [3.63, 3.8) is 0 Å². The molecule has 1 aromatic heterocycles. The molecule has 1 spiro atoms. The molecular weight excluding hydrogens is 326 g/mol. The maximum Gasteiger partial charge on any atom is 0.254 e. The van der Waals surface area contributed by atoms with E-state index < -0.39 is 5.54 Å². The van der Waals surface area contributed by atoms with Crippen LogP contribution in [0.15, 0.2) is 16.8 Å². The van der Waals surface area contributed by atoms with Crippen molar-refractivity contribution >= 4 is 23.2 Å². The number of methoxy groups -OCH3 is 1. The minimum absolute atomic E-state index is 0.0771. The van der Waals surface area contributed by atoms with Gasteiger partial charge in [-0.1, -0.05) is 0 Å². The molecule has 6 nitrogen and oxygen atoms in total. The Morgan fingerprint density at radius 1 is 1.29 bits per heavy atom. The van der Waals surface area contributed by atoms with E-state index in [9.17, 15) is 9.59 Å². The average molecular weight is 351 g/mol. The molecule has 132 valence electrons. The third-order valence-electron chi connectivity index (χ3n) is 5.33. The van der Waals surface area contributed by atoms with Crippen LogP contribution in [0.5, 0.6) is 0 Å². The number of thiophene rings is 1. The zero-order valence-corrected chi connectivity index (χ0v) is 15.2. The van der Waals surface area contributed by atoms with Crippen molar-refractivity contribution < 1.29 is 14.3 Å². The molecule has 3 rings (SSSR count). The lowest BCUT2D eigenvalue weighted by Gasteiger charge is -2.51. The first-order chi connectivity index (χ1) is 11.6. The fourth-order valence-electron chi connectivity index (χ4n) is 3.70. The van der Waals surface area contributed by atoms with Crippen molar-refractivity contribution in [1.82, 2.24) is 14.7 Å². The van der Waals surface area contributed by atoms with Gasteiger partial charge < -0.3 is 14.5 Å². The number of ether oxygens (including phenoxy) is 1. The Kier molecular flexibility index (Phi) is 5.22. The number of rotatable bonds is 4. The van der Waals surface area contributed by atoms with Crippen LogP contribution >= 0.6 is 11.3 Å². The standard InChI is InChI=1S/C17H25N3O3S/c1-18-8-9-20(10-11-23-2)16(22)17(18)4-6-19(7-5-17)15(21)14-3-12-24-13-14/h3,12-13H,4-11H2,1-2H3. The summed E-state index contributed by atoms with van der Waals surface area (Å²) >= 11 is 1.53. The van der Waals surface area contributed by atoms with Crippen LogP contribution < -0.4 is 0 Å². The second-order valence-electron chi connectivity index (χ2n) is 6.54. The van der Waals surface area contributed by atoms with Gasteiger partial charge in [-0.2, -0.15) is 11.3 Å². The van der Waals surface area contributed by atoms with Gasteiger partial charge in [-0.25, -0.2) is 0 Å². The van der Waals surface area contributed by atoms with E-state index >= 15 is 0 Å². The zero-order chi connectivity index (χ0) is 17.2. The van der Waals surface area contributed by atoms with Crippen molar-refractivity contribution in [3.8, 4) is 0 Å². The molecule has 0 aromatic carbocycles. The number of hydrogen-bond acceptors (Lipinski definition) is 5. The molecule has 0 atom stereocenters. The summed E-state index contributed by atoms with van der Waals surface area (Å²) in [7, 11) is 3.69. The first-order valence-corrected chi connectivity index (χ1v) is 9.34. The molecule has 0 unspecified atom stereocenters. The van der Waals surface area contributed by atoms with Crippen molar-refractivity contribution in [1.29, 1.82) is 0 Å². The van der Waals surface area contributed by atoms with Crippen molar-refractivity contribution in [2.45, 2.75) is 18.4 Å². The predicted molar refractivity (Wildman–Crippen MR) is 93.3 cm³/mol. The van der Waals surface area contributed by atoms with Crippen LogP contribution in [0.3, 0.4) is 0 Å². The van der Waals surface area contributed by atoms with E-state index in [0.717, 1.165) is 18.7 Å². The lowest BCUT2D eigenvalue weighted by molar-refractivity contribution is -0.154. The second-order valence-corrected chi connectivity index (χ2v) is 7.32. The first kappa shape index (κ1) is 17.4. The van der Waals surface area contributed by atoms with E-state index in [1.54, 1.807) is 7.11 Å². The van der Waals surface area contributed by atoms with Crippen LogP contribution in [0.4, 0.5) is 0 Å². The molecule has 1 aromatic rings. The summed E-state index contributed by atoms with van der Waals surface area (Å²) in [5.74, 6) is 0.268. The molecule has 3 heterocycles. The summed E-state index contributed by atoms with van der Waals surface area (Å²) in [5, 5.41) is 3.81. The van der Waals surface area contributed by atoms with Gasteiger partial charge in [0.1, 0.15) is 5.54 Å².